The molecule has 1 atom stereocenters. The molecule has 4 aromatic carbocycles. The van der Waals surface area contributed by atoms with E-state index in [9.17, 15) is 22.4 Å². The molecular weight excluding hydrogens is 505 g/mol. The Balaban J connectivity index is 1.50. The van der Waals surface area contributed by atoms with E-state index in [1.54, 1.807) is 48.5 Å². The number of carbonyl (C=O) groups excluding carboxylic acids is 2. The fourth-order valence-corrected chi connectivity index (χ4v) is 4.82. The molecule has 0 heterocycles. The number of rotatable bonds is 8. The summed E-state index contributed by atoms with van der Waals surface area (Å²) in [4.78, 5) is 26.1. The molecule has 0 saturated carbocycles. The lowest BCUT2D eigenvalue weighted by Gasteiger charge is -2.19. The van der Waals surface area contributed by atoms with Gasteiger partial charge in [0.25, 0.3) is 0 Å². The first-order valence-electron chi connectivity index (χ1n) is 11.8. The standard InChI is InChI=1S/C29H26FN3O4S/c1-38(36,37)27-10-6-5-9-25(27)21-11-15-23(16-12-21)31-28(34)26(19-20-7-3-2-4-8-20)33-29(35)32-24-17-13-22(30)14-18-24/h2-18,26H,19H2,1H3,(H,31,34)(H2,32,33,35)/t26-/m1/s1. The first kappa shape index (κ1) is 26.6. The molecule has 0 saturated heterocycles. The molecule has 0 spiro atoms. The number of hydrogen-bond acceptors (Lipinski definition) is 4. The predicted octanol–water partition coefficient (Wildman–Crippen LogP) is 5.27. The highest BCUT2D eigenvalue weighted by Crippen LogP contribution is 2.28. The van der Waals surface area contributed by atoms with Crippen molar-refractivity contribution < 1.29 is 22.4 Å². The Morgan fingerprint density at radius 2 is 1.34 bits per heavy atom. The highest BCUT2D eigenvalue weighted by Gasteiger charge is 2.22. The molecule has 3 N–H and O–H groups in total. The van der Waals surface area contributed by atoms with Crippen LogP contribution in [0.2, 0.25) is 0 Å². The minimum atomic E-state index is -3.42. The second-order valence-electron chi connectivity index (χ2n) is 8.68. The molecular formula is C29H26FN3O4S. The van der Waals surface area contributed by atoms with Crippen LogP contribution in [0.3, 0.4) is 0 Å². The van der Waals surface area contributed by atoms with Crippen molar-refractivity contribution in [3.05, 3.63) is 115 Å². The van der Waals surface area contributed by atoms with Crippen LogP contribution in [-0.2, 0) is 21.1 Å². The average molecular weight is 532 g/mol. The maximum atomic E-state index is 13.2. The van der Waals surface area contributed by atoms with Gasteiger partial charge in [-0.3, -0.25) is 4.79 Å². The number of anilines is 2. The van der Waals surface area contributed by atoms with Crippen molar-refractivity contribution in [3.63, 3.8) is 0 Å². The maximum Gasteiger partial charge on any atom is 0.319 e. The summed E-state index contributed by atoms with van der Waals surface area (Å²) in [7, 11) is -3.42. The molecule has 38 heavy (non-hydrogen) atoms. The van der Waals surface area contributed by atoms with E-state index in [4.69, 9.17) is 0 Å². The monoisotopic (exact) mass is 531 g/mol. The van der Waals surface area contributed by atoms with Crippen molar-refractivity contribution in [1.29, 1.82) is 0 Å². The zero-order valence-electron chi connectivity index (χ0n) is 20.5. The van der Waals surface area contributed by atoms with Gasteiger partial charge in [0.2, 0.25) is 5.91 Å². The third kappa shape index (κ3) is 7.04. The SMILES string of the molecule is CS(=O)(=O)c1ccccc1-c1ccc(NC(=O)[C@@H](Cc2ccccc2)NC(=O)Nc2ccc(F)cc2)cc1. The van der Waals surface area contributed by atoms with Crippen LogP contribution in [0, 0.1) is 5.82 Å². The molecule has 0 aliphatic heterocycles. The Bertz CT molecular complexity index is 1520. The van der Waals surface area contributed by atoms with Crippen LogP contribution in [0.4, 0.5) is 20.6 Å². The molecule has 4 aromatic rings. The zero-order valence-corrected chi connectivity index (χ0v) is 21.3. The quantitative estimate of drug-likeness (QED) is 0.288. The molecule has 9 heteroatoms. The van der Waals surface area contributed by atoms with Crippen LogP contribution in [-0.4, -0.2) is 32.7 Å². The molecule has 0 unspecified atom stereocenters. The third-order valence-electron chi connectivity index (χ3n) is 5.76. The number of halogens is 1. The molecule has 0 radical (unpaired) electrons. The van der Waals surface area contributed by atoms with E-state index in [1.165, 1.54) is 24.3 Å². The van der Waals surface area contributed by atoms with E-state index < -0.39 is 33.6 Å². The van der Waals surface area contributed by atoms with Crippen molar-refractivity contribution in [2.45, 2.75) is 17.4 Å². The van der Waals surface area contributed by atoms with E-state index in [0.717, 1.165) is 11.8 Å². The topological polar surface area (TPSA) is 104 Å². The lowest BCUT2D eigenvalue weighted by atomic mass is 10.0. The third-order valence-corrected chi connectivity index (χ3v) is 6.91. The predicted molar refractivity (Wildman–Crippen MR) is 146 cm³/mol. The lowest BCUT2D eigenvalue weighted by Crippen LogP contribution is -2.46. The summed E-state index contributed by atoms with van der Waals surface area (Å²) in [6.45, 7) is 0. The van der Waals surface area contributed by atoms with Crippen molar-refractivity contribution in [1.82, 2.24) is 5.32 Å². The van der Waals surface area contributed by atoms with E-state index in [-0.39, 0.29) is 11.3 Å². The Hall–Kier alpha value is -4.50. The van der Waals surface area contributed by atoms with Gasteiger partial charge in [-0.25, -0.2) is 17.6 Å². The summed E-state index contributed by atoms with van der Waals surface area (Å²) in [5.74, 6) is -0.865. The molecule has 0 aliphatic carbocycles. The van der Waals surface area contributed by atoms with Crippen molar-refractivity contribution in [2.75, 3.05) is 16.9 Å². The van der Waals surface area contributed by atoms with Crippen LogP contribution in [0.15, 0.2) is 108 Å². The number of nitrogens with one attached hydrogen (secondary N) is 3. The van der Waals surface area contributed by atoms with Gasteiger partial charge in [-0.1, -0.05) is 60.7 Å². The van der Waals surface area contributed by atoms with E-state index in [1.807, 2.05) is 30.3 Å². The summed E-state index contributed by atoms with van der Waals surface area (Å²) in [5, 5.41) is 8.10. The van der Waals surface area contributed by atoms with Gasteiger partial charge < -0.3 is 16.0 Å². The van der Waals surface area contributed by atoms with Crippen LogP contribution in [0.25, 0.3) is 11.1 Å². The summed E-state index contributed by atoms with van der Waals surface area (Å²) in [5.41, 5.74) is 2.96. The largest absolute Gasteiger partial charge is 0.326 e. The molecule has 194 valence electrons. The highest BCUT2D eigenvalue weighted by atomic mass is 32.2. The minimum Gasteiger partial charge on any atom is -0.326 e. The molecule has 3 amide bonds. The van der Waals surface area contributed by atoms with Crippen molar-refractivity contribution >= 4 is 33.2 Å². The summed E-state index contributed by atoms with van der Waals surface area (Å²) >= 11 is 0. The van der Waals surface area contributed by atoms with E-state index >= 15 is 0 Å². The number of sulfone groups is 1. The maximum absolute atomic E-state index is 13.2. The fraction of sp³-hybridized carbons (Fsp3) is 0.103. The molecule has 0 aliphatic rings. The van der Waals surface area contributed by atoms with Gasteiger partial charge in [0.1, 0.15) is 11.9 Å². The second kappa shape index (κ2) is 11.7. The average Bonchev–Trinajstić information content (AvgIpc) is 2.90. The normalized spacial score (nSPS) is 11.8. The number of urea groups is 1. The van der Waals surface area contributed by atoms with Gasteiger partial charge in [-0.15, -0.1) is 0 Å². The number of amides is 3. The van der Waals surface area contributed by atoms with Gasteiger partial charge in [0, 0.05) is 29.6 Å². The summed E-state index contributed by atoms with van der Waals surface area (Å²) in [6.07, 6.45) is 1.40. The molecule has 0 aromatic heterocycles. The van der Waals surface area contributed by atoms with Crippen molar-refractivity contribution in [2.24, 2.45) is 0 Å². The molecule has 0 fully saturated rings. The van der Waals surface area contributed by atoms with Gasteiger partial charge in [-0.2, -0.15) is 0 Å². The molecule has 4 rings (SSSR count). The van der Waals surface area contributed by atoms with Crippen molar-refractivity contribution in [3.8, 4) is 11.1 Å². The van der Waals surface area contributed by atoms with Crippen LogP contribution < -0.4 is 16.0 Å². The molecule has 0 bridgehead atoms. The van der Waals surface area contributed by atoms with Crippen LogP contribution >= 0.6 is 0 Å². The Morgan fingerprint density at radius 3 is 2.00 bits per heavy atom. The van der Waals surface area contributed by atoms with Crippen LogP contribution in [0.1, 0.15) is 5.56 Å². The smallest absolute Gasteiger partial charge is 0.319 e. The van der Waals surface area contributed by atoms with Crippen LogP contribution in [0.5, 0.6) is 0 Å². The van der Waals surface area contributed by atoms with E-state index in [2.05, 4.69) is 16.0 Å². The molecule has 7 nitrogen and oxygen atoms in total. The number of hydrogen-bond donors (Lipinski definition) is 3. The Morgan fingerprint density at radius 1 is 0.763 bits per heavy atom. The lowest BCUT2D eigenvalue weighted by molar-refractivity contribution is -0.117. The van der Waals surface area contributed by atoms with Gasteiger partial charge >= 0.3 is 6.03 Å². The minimum absolute atomic E-state index is 0.219. The Kier molecular flexibility index (Phi) is 8.18. The highest BCUT2D eigenvalue weighted by molar-refractivity contribution is 7.90. The first-order valence-corrected chi connectivity index (χ1v) is 13.7. The summed E-state index contributed by atoms with van der Waals surface area (Å²) in [6, 6.07) is 26.5. The Labute approximate surface area is 220 Å². The number of benzene rings is 4. The van der Waals surface area contributed by atoms with Gasteiger partial charge in [0.05, 0.1) is 4.90 Å². The van der Waals surface area contributed by atoms with Gasteiger partial charge in [0.15, 0.2) is 9.84 Å². The second-order valence-corrected chi connectivity index (χ2v) is 10.7. The number of carbonyl (C=O) groups is 2. The zero-order chi connectivity index (χ0) is 27.1. The summed E-state index contributed by atoms with van der Waals surface area (Å²) < 4.78 is 37.5. The first-order chi connectivity index (χ1) is 18.2. The van der Waals surface area contributed by atoms with E-state index in [0.29, 0.717) is 22.5 Å². The van der Waals surface area contributed by atoms with Gasteiger partial charge in [-0.05, 0) is 53.6 Å². The fourth-order valence-electron chi connectivity index (χ4n) is 3.91.